The Hall–Kier alpha value is -1.81. The summed E-state index contributed by atoms with van der Waals surface area (Å²) in [6, 6.07) is 2.00. The zero-order valence-electron chi connectivity index (χ0n) is 12.8. The molecule has 0 radical (unpaired) electrons. The van der Waals surface area contributed by atoms with E-state index in [1.165, 1.54) is 4.31 Å². The van der Waals surface area contributed by atoms with Crippen LogP contribution in [-0.4, -0.2) is 44.1 Å². The van der Waals surface area contributed by atoms with Gasteiger partial charge >= 0.3 is 6.18 Å². The SMILES string of the molecule is CS(=O)(=O)N1CCC[C@H]1COc1ccc(C(F)(F)F)cc1C(N)=O. The number of sulfonamides is 1. The molecule has 1 saturated heterocycles. The third-order valence-electron chi connectivity index (χ3n) is 3.75. The van der Waals surface area contributed by atoms with Gasteiger partial charge in [0.1, 0.15) is 12.4 Å². The Morgan fingerprint density at radius 2 is 2.08 bits per heavy atom. The maximum Gasteiger partial charge on any atom is 0.416 e. The fourth-order valence-electron chi connectivity index (χ4n) is 2.62. The van der Waals surface area contributed by atoms with Crippen LogP contribution in [0.15, 0.2) is 18.2 Å². The van der Waals surface area contributed by atoms with Crippen LogP contribution in [0, 0.1) is 0 Å². The minimum absolute atomic E-state index is 0.0707. The topological polar surface area (TPSA) is 89.7 Å². The average molecular weight is 366 g/mol. The molecule has 1 fully saturated rings. The van der Waals surface area contributed by atoms with Gasteiger partial charge in [0.05, 0.1) is 23.4 Å². The van der Waals surface area contributed by atoms with Gasteiger partial charge in [-0.3, -0.25) is 4.79 Å². The summed E-state index contributed by atoms with van der Waals surface area (Å²) in [5, 5.41) is 0. The van der Waals surface area contributed by atoms with E-state index in [4.69, 9.17) is 10.5 Å². The summed E-state index contributed by atoms with van der Waals surface area (Å²) in [5.41, 5.74) is 3.71. The normalized spacial score (nSPS) is 19.4. The summed E-state index contributed by atoms with van der Waals surface area (Å²) < 4.78 is 68.1. The first-order chi connectivity index (χ1) is 11.0. The second kappa shape index (κ2) is 6.60. The highest BCUT2D eigenvalue weighted by Crippen LogP contribution is 2.33. The number of ether oxygens (including phenoxy) is 1. The molecule has 1 aliphatic heterocycles. The molecule has 1 aliphatic rings. The molecule has 0 saturated carbocycles. The van der Waals surface area contributed by atoms with Crippen molar-refractivity contribution >= 4 is 15.9 Å². The Morgan fingerprint density at radius 3 is 2.62 bits per heavy atom. The number of hydrogen-bond donors (Lipinski definition) is 1. The number of alkyl halides is 3. The fourth-order valence-corrected chi connectivity index (χ4v) is 3.79. The van der Waals surface area contributed by atoms with Gasteiger partial charge in [0, 0.05) is 6.54 Å². The lowest BCUT2D eigenvalue weighted by molar-refractivity contribution is -0.137. The highest BCUT2D eigenvalue weighted by atomic mass is 32.2. The smallest absolute Gasteiger partial charge is 0.416 e. The van der Waals surface area contributed by atoms with Crippen LogP contribution in [-0.2, 0) is 16.2 Å². The predicted octanol–water partition coefficient (Wildman–Crippen LogP) is 1.61. The van der Waals surface area contributed by atoms with Crippen molar-refractivity contribution in [3.05, 3.63) is 29.3 Å². The number of carbonyl (C=O) groups excluding carboxylic acids is 1. The average Bonchev–Trinajstić information content (AvgIpc) is 2.92. The van der Waals surface area contributed by atoms with Crippen LogP contribution in [0.1, 0.15) is 28.8 Å². The molecule has 10 heteroatoms. The zero-order chi connectivity index (χ0) is 18.1. The molecule has 1 heterocycles. The first kappa shape index (κ1) is 18.5. The van der Waals surface area contributed by atoms with E-state index >= 15 is 0 Å². The van der Waals surface area contributed by atoms with Gasteiger partial charge in [0.2, 0.25) is 10.0 Å². The van der Waals surface area contributed by atoms with Crippen LogP contribution in [0.4, 0.5) is 13.2 Å². The number of hydrogen-bond acceptors (Lipinski definition) is 4. The summed E-state index contributed by atoms with van der Waals surface area (Å²) >= 11 is 0. The summed E-state index contributed by atoms with van der Waals surface area (Å²) in [6.45, 7) is 0.293. The van der Waals surface area contributed by atoms with Gasteiger partial charge in [-0.2, -0.15) is 17.5 Å². The third kappa shape index (κ3) is 4.18. The molecule has 0 aliphatic carbocycles. The Labute approximate surface area is 137 Å². The lowest BCUT2D eigenvalue weighted by Crippen LogP contribution is -2.38. The quantitative estimate of drug-likeness (QED) is 0.857. The predicted molar refractivity (Wildman–Crippen MR) is 80.0 cm³/mol. The van der Waals surface area contributed by atoms with Crippen LogP contribution in [0.2, 0.25) is 0 Å². The first-order valence-corrected chi connectivity index (χ1v) is 8.95. The molecule has 1 aromatic rings. The number of carbonyl (C=O) groups is 1. The monoisotopic (exact) mass is 366 g/mol. The van der Waals surface area contributed by atoms with E-state index in [-0.39, 0.29) is 12.4 Å². The van der Waals surface area contributed by atoms with Crippen LogP contribution >= 0.6 is 0 Å². The van der Waals surface area contributed by atoms with Crippen molar-refractivity contribution in [1.82, 2.24) is 4.31 Å². The molecular formula is C14H17F3N2O4S. The minimum atomic E-state index is -4.61. The van der Waals surface area contributed by atoms with Crippen LogP contribution in [0.5, 0.6) is 5.75 Å². The van der Waals surface area contributed by atoms with E-state index < -0.39 is 39.3 Å². The van der Waals surface area contributed by atoms with Crippen molar-refractivity contribution in [2.24, 2.45) is 5.73 Å². The highest BCUT2D eigenvalue weighted by molar-refractivity contribution is 7.88. The number of halogens is 3. The van der Waals surface area contributed by atoms with Crippen molar-refractivity contribution in [3.8, 4) is 5.75 Å². The van der Waals surface area contributed by atoms with Gasteiger partial charge in [-0.15, -0.1) is 0 Å². The molecule has 1 atom stereocenters. The number of amides is 1. The van der Waals surface area contributed by atoms with Crippen molar-refractivity contribution in [1.29, 1.82) is 0 Å². The van der Waals surface area contributed by atoms with E-state index in [1.807, 2.05) is 0 Å². The van der Waals surface area contributed by atoms with Crippen LogP contribution in [0.3, 0.4) is 0 Å². The van der Waals surface area contributed by atoms with Gasteiger partial charge in [-0.05, 0) is 31.0 Å². The Kier molecular flexibility index (Phi) is 5.09. The summed E-state index contributed by atoms with van der Waals surface area (Å²) in [7, 11) is -3.40. The minimum Gasteiger partial charge on any atom is -0.491 e. The molecule has 1 amide bonds. The Bertz CT molecular complexity index is 734. The lowest BCUT2D eigenvalue weighted by Gasteiger charge is -2.22. The number of nitrogens with zero attached hydrogens (tertiary/aromatic N) is 1. The molecule has 2 rings (SSSR count). The van der Waals surface area contributed by atoms with E-state index in [0.717, 1.165) is 18.4 Å². The van der Waals surface area contributed by atoms with Gasteiger partial charge in [0.15, 0.2) is 0 Å². The van der Waals surface area contributed by atoms with Crippen molar-refractivity contribution < 1.29 is 31.1 Å². The van der Waals surface area contributed by atoms with Gasteiger partial charge in [-0.25, -0.2) is 8.42 Å². The number of primary amides is 1. The third-order valence-corrected chi connectivity index (χ3v) is 5.09. The number of nitrogens with two attached hydrogens (primary N) is 1. The lowest BCUT2D eigenvalue weighted by atomic mass is 10.1. The van der Waals surface area contributed by atoms with Crippen molar-refractivity contribution in [2.75, 3.05) is 19.4 Å². The molecule has 0 aromatic heterocycles. The van der Waals surface area contributed by atoms with Crippen LogP contribution in [0.25, 0.3) is 0 Å². The molecule has 0 unspecified atom stereocenters. The molecule has 6 nitrogen and oxygen atoms in total. The van der Waals surface area contributed by atoms with Crippen molar-refractivity contribution in [2.45, 2.75) is 25.1 Å². The first-order valence-electron chi connectivity index (χ1n) is 7.11. The van der Waals surface area contributed by atoms with E-state index in [0.29, 0.717) is 25.5 Å². The molecule has 2 N–H and O–H groups in total. The molecule has 0 bridgehead atoms. The molecule has 24 heavy (non-hydrogen) atoms. The molecule has 1 aromatic carbocycles. The van der Waals surface area contributed by atoms with Gasteiger partial charge < -0.3 is 10.5 Å². The second-order valence-corrected chi connectivity index (χ2v) is 7.49. The van der Waals surface area contributed by atoms with Crippen LogP contribution < -0.4 is 10.5 Å². The fraction of sp³-hybridized carbons (Fsp3) is 0.500. The molecular weight excluding hydrogens is 349 g/mol. The largest absolute Gasteiger partial charge is 0.491 e. The maximum atomic E-state index is 12.7. The zero-order valence-corrected chi connectivity index (χ0v) is 13.7. The molecule has 134 valence electrons. The molecule has 0 spiro atoms. The van der Waals surface area contributed by atoms with E-state index in [1.54, 1.807) is 0 Å². The Balaban J connectivity index is 2.19. The number of benzene rings is 1. The highest BCUT2D eigenvalue weighted by Gasteiger charge is 2.33. The second-order valence-electron chi connectivity index (χ2n) is 5.55. The summed E-state index contributed by atoms with van der Waals surface area (Å²) in [6.07, 6.45) is -2.30. The van der Waals surface area contributed by atoms with Crippen molar-refractivity contribution in [3.63, 3.8) is 0 Å². The standard InChI is InChI=1S/C14H17F3N2O4S/c1-24(21,22)19-6-2-3-10(19)8-23-12-5-4-9(14(15,16)17)7-11(12)13(18)20/h4-5,7,10H,2-3,6,8H2,1H3,(H2,18,20)/t10-/m0/s1. The number of rotatable bonds is 5. The summed E-state index contributed by atoms with van der Waals surface area (Å²) in [5.74, 6) is -1.15. The van der Waals surface area contributed by atoms with E-state index in [9.17, 15) is 26.4 Å². The van der Waals surface area contributed by atoms with E-state index in [2.05, 4.69) is 0 Å². The Morgan fingerprint density at radius 1 is 1.42 bits per heavy atom. The maximum absolute atomic E-state index is 12.7. The van der Waals surface area contributed by atoms with Gasteiger partial charge in [-0.1, -0.05) is 0 Å². The summed E-state index contributed by atoms with van der Waals surface area (Å²) in [4.78, 5) is 11.4. The van der Waals surface area contributed by atoms with Gasteiger partial charge in [0.25, 0.3) is 5.91 Å².